The first kappa shape index (κ1) is 24.9. The fourth-order valence-electron chi connectivity index (χ4n) is 4.60. The van der Waals surface area contributed by atoms with Crippen LogP contribution >= 0.6 is 24.0 Å². The van der Waals surface area contributed by atoms with E-state index in [1.54, 1.807) is 0 Å². The SMILES string of the molecule is CCOC1CC(NC(=NC)NCCN2CCN(CC)CC2)C1(CC)CC.I. The highest BCUT2D eigenvalue weighted by molar-refractivity contribution is 14.0. The van der Waals surface area contributed by atoms with E-state index < -0.39 is 0 Å². The standard InChI is InChI=1S/C20H41N5O.HI/c1-6-20(7-2)17(16-18(20)26-9-4)23-19(21-5)22-10-11-25-14-12-24(8-3)13-15-25;/h17-18H,6-16H2,1-5H3,(H2,21,22,23);1H. The van der Waals surface area contributed by atoms with Crippen LogP contribution in [0, 0.1) is 5.41 Å². The van der Waals surface area contributed by atoms with E-state index in [9.17, 15) is 0 Å². The minimum absolute atomic E-state index is 0. The van der Waals surface area contributed by atoms with Crippen LogP contribution in [0.1, 0.15) is 47.0 Å². The van der Waals surface area contributed by atoms with E-state index in [1.165, 1.54) is 32.7 Å². The molecule has 0 bridgehead atoms. The van der Waals surface area contributed by atoms with Crippen LogP contribution in [0.2, 0.25) is 0 Å². The number of likely N-dealkylation sites (N-methyl/N-ethyl adjacent to an activating group) is 1. The summed E-state index contributed by atoms with van der Waals surface area (Å²) in [5.74, 6) is 0.934. The lowest BCUT2D eigenvalue weighted by Gasteiger charge is -2.55. The zero-order valence-electron chi connectivity index (χ0n) is 18.1. The number of rotatable bonds is 9. The second-order valence-electron chi connectivity index (χ2n) is 7.59. The topological polar surface area (TPSA) is 52.1 Å². The minimum Gasteiger partial charge on any atom is -0.378 e. The molecule has 2 rings (SSSR count). The van der Waals surface area contributed by atoms with Gasteiger partial charge in [-0.3, -0.25) is 9.89 Å². The minimum atomic E-state index is 0. The maximum atomic E-state index is 5.99. The fraction of sp³-hybridized carbons (Fsp3) is 0.950. The number of nitrogens with zero attached hydrogens (tertiary/aromatic N) is 3. The molecule has 160 valence electrons. The van der Waals surface area contributed by atoms with Gasteiger partial charge in [-0.15, -0.1) is 24.0 Å². The van der Waals surface area contributed by atoms with Gasteiger partial charge in [-0.05, 0) is 32.7 Å². The molecule has 1 saturated heterocycles. The quantitative estimate of drug-likeness (QED) is 0.292. The van der Waals surface area contributed by atoms with Crippen molar-refractivity contribution in [3.05, 3.63) is 0 Å². The Morgan fingerprint density at radius 2 is 1.70 bits per heavy atom. The smallest absolute Gasteiger partial charge is 0.191 e. The summed E-state index contributed by atoms with van der Waals surface area (Å²) in [7, 11) is 1.87. The van der Waals surface area contributed by atoms with Gasteiger partial charge in [0.05, 0.1) is 6.10 Å². The Bertz CT molecular complexity index is 436. The summed E-state index contributed by atoms with van der Waals surface area (Å²) in [5, 5.41) is 7.19. The number of halogens is 1. The Morgan fingerprint density at radius 3 is 2.22 bits per heavy atom. The largest absolute Gasteiger partial charge is 0.378 e. The second kappa shape index (κ2) is 12.4. The molecule has 1 heterocycles. The van der Waals surface area contributed by atoms with Crippen LogP contribution in [0.25, 0.3) is 0 Å². The number of piperazine rings is 1. The van der Waals surface area contributed by atoms with Crippen LogP contribution in [0.5, 0.6) is 0 Å². The molecule has 6 nitrogen and oxygen atoms in total. The van der Waals surface area contributed by atoms with Crippen molar-refractivity contribution in [1.29, 1.82) is 0 Å². The van der Waals surface area contributed by atoms with Gasteiger partial charge in [-0.25, -0.2) is 0 Å². The molecule has 1 saturated carbocycles. The Hall–Kier alpha value is -0.120. The van der Waals surface area contributed by atoms with Gasteiger partial charge in [0.25, 0.3) is 0 Å². The molecule has 27 heavy (non-hydrogen) atoms. The van der Waals surface area contributed by atoms with E-state index in [2.05, 4.69) is 53.1 Å². The molecular weight excluding hydrogens is 453 g/mol. The molecule has 1 aliphatic carbocycles. The first-order chi connectivity index (χ1) is 12.6. The van der Waals surface area contributed by atoms with Gasteiger partial charge >= 0.3 is 0 Å². The Balaban J connectivity index is 0.00000364. The molecule has 2 N–H and O–H groups in total. The summed E-state index contributed by atoms with van der Waals surface area (Å²) in [6.07, 6.45) is 3.75. The van der Waals surface area contributed by atoms with Crippen LogP contribution in [0.4, 0.5) is 0 Å². The summed E-state index contributed by atoms with van der Waals surface area (Å²) < 4.78 is 5.99. The molecular formula is C20H42IN5O. The third-order valence-electron chi connectivity index (χ3n) is 6.64. The van der Waals surface area contributed by atoms with Gasteiger partial charge in [-0.2, -0.15) is 0 Å². The van der Waals surface area contributed by atoms with E-state index in [0.29, 0.717) is 12.1 Å². The molecule has 0 aromatic carbocycles. The van der Waals surface area contributed by atoms with Crippen LogP contribution in [0.3, 0.4) is 0 Å². The van der Waals surface area contributed by atoms with Gasteiger partial charge in [-0.1, -0.05) is 20.8 Å². The van der Waals surface area contributed by atoms with E-state index in [-0.39, 0.29) is 29.4 Å². The first-order valence-electron chi connectivity index (χ1n) is 10.7. The maximum Gasteiger partial charge on any atom is 0.191 e. The normalized spacial score (nSPS) is 26.2. The van der Waals surface area contributed by atoms with Gasteiger partial charge in [0, 0.05) is 64.4 Å². The lowest BCUT2D eigenvalue weighted by atomic mass is 9.58. The highest BCUT2D eigenvalue weighted by atomic mass is 127. The molecule has 7 heteroatoms. The zero-order valence-corrected chi connectivity index (χ0v) is 20.4. The van der Waals surface area contributed by atoms with E-state index in [1.807, 2.05) is 7.05 Å². The van der Waals surface area contributed by atoms with Crippen LogP contribution in [-0.2, 0) is 4.74 Å². The van der Waals surface area contributed by atoms with Crippen molar-refractivity contribution in [2.75, 3.05) is 59.5 Å². The molecule has 2 unspecified atom stereocenters. The number of hydrogen-bond donors (Lipinski definition) is 2. The van der Waals surface area contributed by atoms with E-state index in [4.69, 9.17) is 4.74 Å². The molecule has 2 fully saturated rings. The van der Waals surface area contributed by atoms with Crippen molar-refractivity contribution < 1.29 is 4.74 Å². The lowest BCUT2D eigenvalue weighted by Crippen LogP contribution is -2.65. The van der Waals surface area contributed by atoms with Crippen molar-refractivity contribution in [2.45, 2.75) is 59.1 Å². The molecule has 0 amide bonds. The van der Waals surface area contributed by atoms with E-state index in [0.717, 1.165) is 44.9 Å². The lowest BCUT2D eigenvalue weighted by molar-refractivity contribution is -0.133. The molecule has 0 radical (unpaired) electrons. The number of guanidine groups is 1. The molecule has 0 spiro atoms. The number of hydrogen-bond acceptors (Lipinski definition) is 4. The third kappa shape index (κ3) is 6.18. The molecule has 0 aromatic rings. The Morgan fingerprint density at radius 1 is 1.07 bits per heavy atom. The van der Waals surface area contributed by atoms with Crippen molar-refractivity contribution in [2.24, 2.45) is 10.4 Å². The molecule has 2 atom stereocenters. The van der Waals surface area contributed by atoms with Gasteiger partial charge in [0.2, 0.25) is 0 Å². The van der Waals surface area contributed by atoms with Crippen molar-refractivity contribution >= 4 is 29.9 Å². The second-order valence-corrected chi connectivity index (χ2v) is 7.59. The summed E-state index contributed by atoms with van der Waals surface area (Å²) in [4.78, 5) is 9.51. The average molecular weight is 495 g/mol. The highest BCUT2D eigenvalue weighted by Crippen LogP contribution is 2.48. The van der Waals surface area contributed by atoms with Crippen molar-refractivity contribution in [1.82, 2.24) is 20.4 Å². The predicted octanol–water partition coefficient (Wildman–Crippen LogP) is 2.39. The van der Waals surface area contributed by atoms with Crippen molar-refractivity contribution in [3.8, 4) is 0 Å². The molecule has 1 aliphatic heterocycles. The van der Waals surface area contributed by atoms with Crippen LogP contribution < -0.4 is 10.6 Å². The maximum absolute atomic E-state index is 5.99. The number of nitrogens with one attached hydrogen (secondary N) is 2. The summed E-state index contributed by atoms with van der Waals surface area (Å²) >= 11 is 0. The zero-order chi connectivity index (χ0) is 19.0. The number of aliphatic imine (C=N–C) groups is 1. The van der Waals surface area contributed by atoms with Gasteiger partial charge in [0.15, 0.2) is 5.96 Å². The van der Waals surface area contributed by atoms with E-state index >= 15 is 0 Å². The summed E-state index contributed by atoms with van der Waals surface area (Å²) in [5.41, 5.74) is 0.240. The van der Waals surface area contributed by atoms with Gasteiger partial charge < -0.3 is 20.3 Å². The van der Waals surface area contributed by atoms with Crippen LogP contribution in [-0.4, -0.2) is 87.4 Å². The summed E-state index contributed by atoms with van der Waals surface area (Å²) in [6.45, 7) is 17.7. The monoisotopic (exact) mass is 495 g/mol. The van der Waals surface area contributed by atoms with Crippen LogP contribution in [0.15, 0.2) is 4.99 Å². The third-order valence-corrected chi connectivity index (χ3v) is 6.64. The molecule has 2 aliphatic rings. The highest BCUT2D eigenvalue weighted by Gasteiger charge is 2.53. The Kier molecular flexibility index (Phi) is 11.5. The molecule has 0 aromatic heterocycles. The van der Waals surface area contributed by atoms with Gasteiger partial charge in [0.1, 0.15) is 0 Å². The predicted molar refractivity (Wildman–Crippen MR) is 125 cm³/mol. The Labute approximate surface area is 183 Å². The average Bonchev–Trinajstić information content (AvgIpc) is 2.67. The number of ether oxygens (including phenoxy) is 1. The summed E-state index contributed by atoms with van der Waals surface area (Å²) in [6, 6.07) is 0.452. The fourth-order valence-corrected chi connectivity index (χ4v) is 4.60. The first-order valence-corrected chi connectivity index (χ1v) is 10.7. The van der Waals surface area contributed by atoms with Crippen molar-refractivity contribution in [3.63, 3.8) is 0 Å².